The third kappa shape index (κ3) is 4.23. The Balaban J connectivity index is 3.29. The van der Waals surface area contributed by atoms with E-state index in [9.17, 15) is 0 Å². The lowest BCUT2D eigenvalue weighted by atomic mass is 9.95. The molecule has 17 heavy (non-hydrogen) atoms. The number of rotatable bonds is 4. The van der Waals surface area contributed by atoms with Gasteiger partial charge >= 0.3 is 0 Å². The molecule has 96 valence electrons. The molecule has 0 saturated carbocycles. The SMILES string of the molecule is CC(C)c1cccc(C(C)C)c1P[Si](C)(C)C. The van der Waals surface area contributed by atoms with Crippen LogP contribution >= 0.6 is 8.13 Å². The Labute approximate surface area is 110 Å². The molecule has 0 heterocycles. The van der Waals surface area contributed by atoms with Gasteiger partial charge in [-0.05, 0) is 28.3 Å². The Morgan fingerprint density at radius 3 is 1.59 bits per heavy atom. The third-order valence-electron chi connectivity index (χ3n) is 2.87. The first-order valence-corrected chi connectivity index (χ1v) is 12.1. The van der Waals surface area contributed by atoms with Crippen LogP contribution in [0.3, 0.4) is 0 Å². The average molecular weight is 266 g/mol. The summed E-state index contributed by atoms with van der Waals surface area (Å²) in [6.07, 6.45) is 0. The van der Waals surface area contributed by atoms with Crippen LogP contribution in [0.2, 0.25) is 19.6 Å². The maximum Gasteiger partial charge on any atom is 0.0737 e. The topological polar surface area (TPSA) is 0 Å². The van der Waals surface area contributed by atoms with E-state index < -0.39 is 7.74 Å². The highest BCUT2D eigenvalue weighted by molar-refractivity contribution is 7.86. The molecular formula is C15H27PSi. The van der Waals surface area contributed by atoms with Crippen LogP contribution in [-0.4, -0.2) is 7.74 Å². The summed E-state index contributed by atoms with van der Waals surface area (Å²) in [7, 11) is 0.0112. The summed E-state index contributed by atoms with van der Waals surface area (Å²) < 4.78 is 0. The predicted octanol–water partition coefficient (Wildman–Crippen LogP) is 5.07. The monoisotopic (exact) mass is 266 g/mol. The van der Waals surface area contributed by atoms with Gasteiger partial charge in [-0.15, -0.1) is 8.13 Å². The first-order chi connectivity index (χ1) is 7.72. The molecule has 0 saturated heterocycles. The van der Waals surface area contributed by atoms with E-state index in [2.05, 4.69) is 65.5 Å². The Morgan fingerprint density at radius 1 is 0.882 bits per heavy atom. The predicted molar refractivity (Wildman–Crippen MR) is 85.9 cm³/mol. The molecule has 0 spiro atoms. The number of hydrogen-bond acceptors (Lipinski definition) is 0. The van der Waals surface area contributed by atoms with E-state index >= 15 is 0 Å². The number of hydrogen-bond donors (Lipinski definition) is 0. The summed E-state index contributed by atoms with van der Waals surface area (Å²) >= 11 is 0. The molecule has 0 aliphatic carbocycles. The van der Waals surface area contributed by atoms with Gasteiger partial charge < -0.3 is 0 Å². The molecule has 0 aliphatic heterocycles. The molecule has 1 aromatic carbocycles. The van der Waals surface area contributed by atoms with E-state index in [1.807, 2.05) is 0 Å². The highest BCUT2D eigenvalue weighted by Crippen LogP contribution is 2.33. The largest absolute Gasteiger partial charge is 0.102 e. The van der Waals surface area contributed by atoms with Gasteiger partial charge in [-0.2, -0.15) is 0 Å². The van der Waals surface area contributed by atoms with Crippen LogP contribution in [0.4, 0.5) is 0 Å². The van der Waals surface area contributed by atoms with Gasteiger partial charge in [-0.3, -0.25) is 0 Å². The third-order valence-corrected chi connectivity index (χ3v) is 7.45. The van der Waals surface area contributed by atoms with Crippen LogP contribution in [0.1, 0.15) is 50.7 Å². The van der Waals surface area contributed by atoms with Crippen molar-refractivity contribution in [2.45, 2.75) is 59.2 Å². The molecule has 2 heteroatoms. The smallest absolute Gasteiger partial charge is 0.0737 e. The van der Waals surface area contributed by atoms with Gasteiger partial charge in [-0.1, -0.05) is 65.5 Å². The van der Waals surface area contributed by atoms with E-state index in [-0.39, 0.29) is 0 Å². The molecule has 0 amide bonds. The van der Waals surface area contributed by atoms with Gasteiger partial charge in [-0.25, -0.2) is 0 Å². The van der Waals surface area contributed by atoms with E-state index in [0.717, 1.165) is 8.13 Å². The summed E-state index contributed by atoms with van der Waals surface area (Å²) in [5.41, 5.74) is 3.16. The molecule has 0 radical (unpaired) electrons. The fourth-order valence-corrected chi connectivity index (χ4v) is 6.97. The minimum Gasteiger partial charge on any atom is -0.102 e. The van der Waals surface area contributed by atoms with Crippen molar-refractivity contribution in [2.75, 3.05) is 0 Å². The fourth-order valence-electron chi connectivity index (χ4n) is 2.07. The van der Waals surface area contributed by atoms with Crippen molar-refractivity contribution >= 4 is 21.2 Å². The van der Waals surface area contributed by atoms with Gasteiger partial charge in [0.25, 0.3) is 0 Å². The minimum absolute atomic E-state index is 0.646. The molecule has 0 N–H and O–H groups in total. The molecule has 1 atom stereocenters. The highest BCUT2D eigenvalue weighted by Gasteiger charge is 2.20. The molecule has 1 aromatic rings. The molecule has 1 rings (SSSR count). The van der Waals surface area contributed by atoms with E-state index in [4.69, 9.17) is 0 Å². The number of benzene rings is 1. The zero-order chi connectivity index (χ0) is 13.2. The summed E-state index contributed by atoms with van der Waals surface area (Å²) in [5.74, 6) is 1.29. The molecule has 0 bridgehead atoms. The lowest BCUT2D eigenvalue weighted by molar-refractivity contribution is 0.846. The van der Waals surface area contributed by atoms with Gasteiger partial charge in [0.15, 0.2) is 0 Å². The van der Waals surface area contributed by atoms with E-state index in [0.29, 0.717) is 11.8 Å². The van der Waals surface area contributed by atoms with Crippen molar-refractivity contribution in [3.63, 3.8) is 0 Å². The van der Waals surface area contributed by atoms with Crippen LogP contribution in [-0.2, 0) is 0 Å². The van der Waals surface area contributed by atoms with Crippen LogP contribution in [0.15, 0.2) is 18.2 Å². The zero-order valence-electron chi connectivity index (χ0n) is 12.4. The Kier molecular flexibility index (Phi) is 4.98. The molecule has 0 fully saturated rings. The van der Waals surface area contributed by atoms with Crippen molar-refractivity contribution in [3.8, 4) is 0 Å². The lowest BCUT2D eigenvalue weighted by Crippen LogP contribution is -2.23. The van der Waals surface area contributed by atoms with Crippen molar-refractivity contribution in [3.05, 3.63) is 29.3 Å². The molecule has 0 aliphatic rings. The summed E-state index contributed by atoms with van der Waals surface area (Å²) in [4.78, 5) is 0. The second-order valence-corrected chi connectivity index (χ2v) is 17.0. The highest BCUT2D eigenvalue weighted by atomic mass is 31.3. The van der Waals surface area contributed by atoms with Gasteiger partial charge in [0, 0.05) is 0 Å². The Morgan fingerprint density at radius 2 is 1.29 bits per heavy atom. The fraction of sp³-hybridized carbons (Fsp3) is 0.600. The quantitative estimate of drug-likeness (QED) is 0.527. The average Bonchev–Trinajstić information content (AvgIpc) is 2.14. The Hall–Kier alpha value is -0.133. The first-order valence-electron chi connectivity index (χ1n) is 6.63. The first kappa shape index (κ1) is 14.9. The van der Waals surface area contributed by atoms with Gasteiger partial charge in [0.05, 0.1) is 7.74 Å². The lowest BCUT2D eigenvalue weighted by Gasteiger charge is -2.25. The van der Waals surface area contributed by atoms with Crippen LogP contribution < -0.4 is 5.30 Å². The maximum absolute atomic E-state index is 2.48. The summed E-state index contributed by atoms with van der Waals surface area (Å²) in [5, 5.41) is 1.68. The van der Waals surface area contributed by atoms with Gasteiger partial charge in [0.2, 0.25) is 0 Å². The van der Waals surface area contributed by atoms with Crippen molar-refractivity contribution in [1.82, 2.24) is 0 Å². The normalized spacial score (nSPS) is 13.2. The van der Waals surface area contributed by atoms with Crippen LogP contribution in [0, 0.1) is 0 Å². The van der Waals surface area contributed by atoms with E-state index in [1.54, 1.807) is 16.4 Å². The molecule has 0 aromatic heterocycles. The molecule has 1 unspecified atom stereocenters. The van der Waals surface area contributed by atoms with Crippen molar-refractivity contribution < 1.29 is 0 Å². The summed E-state index contributed by atoms with van der Waals surface area (Å²) in [6, 6.07) is 6.90. The van der Waals surface area contributed by atoms with Crippen LogP contribution in [0.5, 0.6) is 0 Å². The zero-order valence-corrected chi connectivity index (χ0v) is 14.4. The van der Waals surface area contributed by atoms with E-state index in [1.165, 1.54) is 0 Å². The Bertz CT molecular complexity index is 349. The van der Waals surface area contributed by atoms with Crippen molar-refractivity contribution in [2.24, 2.45) is 0 Å². The summed E-state index contributed by atoms with van der Waals surface area (Å²) in [6.45, 7) is 16.7. The maximum atomic E-state index is 2.48. The standard InChI is InChI=1S/C15H27PSi/c1-11(2)13-9-8-10-14(12(3)4)15(13)16-17(5,6)7/h8-12,16H,1-7H3. The van der Waals surface area contributed by atoms with Crippen LogP contribution in [0.25, 0.3) is 0 Å². The van der Waals surface area contributed by atoms with Gasteiger partial charge in [0.1, 0.15) is 0 Å². The minimum atomic E-state index is -1.02. The molecular weight excluding hydrogens is 239 g/mol. The second-order valence-electron chi connectivity index (χ2n) is 6.50. The molecule has 0 nitrogen and oxygen atoms in total. The second kappa shape index (κ2) is 5.67. The van der Waals surface area contributed by atoms with Crippen molar-refractivity contribution in [1.29, 1.82) is 0 Å².